The smallest absolute Gasteiger partial charge is 0.0622 e. The first-order chi connectivity index (χ1) is 35.3. The Morgan fingerprint density at radius 3 is 1.50 bits per heavy atom. The minimum atomic E-state index is -1.17. The molecule has 0 aliphatic rings. The van der Waals surface area contributed by atoms with Crippen molar-refractivity contribution in [1.82, 2.24) is 0 Å². The number of hydrogen-bond acceptors (Lipinski definition) is 0. The lowest BCUT2D eigenvalue weighted by molar-refractivity contribution is 1.62. The predicted octanol–water partition coefficient (Wildman–Crippen LogP) is 13.0. The number of hydrogen-bond donors (Lipinski definition) is 0. The van der Waals surface area contributed by atoms with Crippen LogP contribution in [0.1, 0.15) is 41.1 Å². The monoisotopic (exact) mass is 612 g/mol. The molecular weight excluding hydrogens is 553 g/mol. The molecule has 0 radical (unpaired) electrons. The van der Waals surface area contributed by atoms with Crippen LogP contribution in [0.4, 0.5) is 0 Å². The van der Waals surface area contributed by atoms with Crippen LogP contribution in [0.5, 0.6) is 0 Å². The number of benzene rings is 9. The Hall–Kier alpha value is -5.98. The van der Waals surface area contributed by atoms with Gasteiger partial charge in [0.1, 0.15) is 0 Å². The van der Waals surface area contributed by atoms with Crippen LogP contribution >= 0.6 is 0 Å². The lowest BCUT2D eigenvalue weighted by atomic mass is 9.83. The topological polar surface area (TPSA) is 0 Å². The SMILES string of the molecule is [2H]c1c([2H])c([2H])c(-c2c([2H])c([2H])c3c(-c4c([2H])c([2H])c([2H])c(-c5c([2H])c([2H])c([2H])c6c([2H])c([2H])c([2H])c([2H])c56)c4[2H])c4c([2H])c([2H])c([2H])c([2H])c4c(-c4c([2H])c([2H])c([2H])c5c([2H])c([2H])c([2H])c([2H])c45)c3c2[2H])c([2H])c1[2H]. The first kappa shape index (κ1) is 10.0. The fourth-order valence-electron chi connectivity index (χ4n) is 5.31. The first-order valence-electron chi connectivity index (χ1n) is 28.5. The van der Waals surface area contributed by atoms with Gasteiger partial charge in [0.05, 0.1) is 41.1 Å². The number of fused-ring (bicyclic) bond motifs is 4. The molecule has 0 bridgehead atoms. The second kappa shape index (κ2) is 10.9. The summed E-state index contributed by atoms with van der Waals surface area (Å²) in [6.07, 6.45) is 0. The molecule has 0 amide bonds. The van der Waals surface area contributed by atoms with Crippen LogP contribution in [0.3, 0.4) is 0 Å². The van der Waals surface area contributed by atoms with Gasteiger partial charge in [-0.3, -0.25) is 0 Å². The molecule has 0 aliphatic heterocycles. The van der Waals surface area contributed by atoms with Gasteiger partial charge in [0, 0.05) is 0 Å². The van der Waals surface area contributed by atoms with Gasteiger partial charge < -0.3 is 0 Å². The molecule has 46 heavy (non-hydrogen) atoms. The van der Waals surface area contributed by atoms with E-state index in [1.165, 1.54) is 0 Å². The van der Waals surface area contributed by atoms with Gasteiger partial charge in [-0.25, -0.2) is 0 Å². The fourth-order valence-corrected chi connectivity index (χ4v) is 5.31. The molecule has 9 aromatic carbocycles. The molecule has 0 fully saturated rings. The molecule has 0 heterocycles. The third-order valence-corrected chi connectivity index (χ3v) is 7.25. The summed E-state index contributed by atoms with van der Waals surface area (Å²) in [5, 5.41) is -6.34. The maximum Gasteiger partial charge on any atom is 0.0636 e. The highest BCUT2D eigenvalue weighted by Crippen LogP contribution is 2.47. The highest BCUT2D eigenvalue weighted by molar-refractivity contribution is 6.24. The third kappa shape index (κ3) is 4.30. The van der Waals surface area contributed by atoms with Crippen LogP contribution in [0.25, 0.3) is 87.6 Å². The van der Waals surface area contributed by atoms with Crippen LogP contribution in [0.15, 0.2) is 181 Å². The van der Waals surface area contributed by atoms with E-state index >= 15 is 0 Å². The van der Waals surface area contributed by atoms with Crippen molar-refractivity contribution in [3.63, 3.8) is 0 Å². The molecule has 0 spiro atoms. The molecule has 9 rings (SSSR count). The van der Waals surface area contributed by atoms with Gasteiger partial charge in [0.2, 0.25) is 0 Å². The molecule has 0 N–H and O–H groups in total. The molecule has 0 unspecified atom stereocenters. The Morgan fingerprint density at radius 2 is 0.761 bits per heavy atom. The zero-order valence-corrected chi connectivity index (χ0v) is 23.0. The Bertz CT molecular complexity index is 4230. The standard InChI is InChI=1S/C46H30/c1-2-13-31(14-3-1)34-27-28-43-44(30-34)46(40-26-12-18-33-16-5-7-22-38(33)40)42-24-9-8-23-41(42)45(43)36-20-10-19-35(29-36)39-25-11-17-32-15-4-6-21-37(32)39/h1-30H/i1D,2D,3D,4D,5D,6D,7D,8D,9D,10D,11D,12D,13D,14D,15D,16D,17D,18D,19D,20D,21D,22D,23D,24D,25D,26D,27D,28D,29D,30D. The maximum atomic E-state index is 10.1. The van der Waals surface area contributed by atoms with E-state index in [4.69, 9.17) is 27.4 Å². The lowest BCUT2D eigenvalue weighted by Gasteiger charge is -2.20. The normalized spacial score (nSPS) is 20.6. The van der Waals surface area contributed by atoms with Crippen molar-refractivity contribution in [2.75, 3.05) is 0 Å². The summed E-state index contributed by atoms with van der Waals surface area (Å²) in [6.45, 7) is 0. The van der Waals surface area contributed by atoms with Gasteiger partial charge in [-0.15, -0.1) is 0 Å². The van der Waals surface area contributed by atoms with Gasteiger partial charge in [-0.1, -0.05) is 169 Å². The van der Waals surface area contributed by atoms with E-state index in [-0.39, 0.29) is 0 Å². The zero-order valence-electron chi connectivity index (χ0n) is 53.0. The number of rotatable bonds is 4. The summed E-state index contributed by atoms with van der Waals surface area (Å²) in [7, 11) is 0. The summed E-state index contributed by atoms with van der Waals surface area (Å²) >= 11 is 0. The molecule has 0 saturated heterocycles. The van der Waals surface area contributed by atoms with E-state index in [0.717, 1.165) is 0 Å². The minimum absolute atomic E-state index is 0.659. The molecule has 0 heteroatoms. The van der Waals surface area contributed by atoms with E-state index in [1.54, 1.807) is 0 Å². The Kier molecular flexibility index (Phi) is 2.37. The molecule has 214 valence electrons. The van der Waals surface area contributed by atoms with Gasteiger partial charge in [0.25, 0.3) is 0 Å². The van der Waals surface area contributed by atoms with Crippen LogP contribution in [0, 0.1) is 0 Å². The average molecular weight is 613 g/mol. The molecule has 0 saturated carbocycles. The van der Waals surface area contributed by atoms with Crippen molar-refractivity contribution in [1.29, 1.82) is 0 Å². The summed E-state index contributed by atoms with van der Waals surface area (Å²) in [4.78, 5) is 0. The van der Waals surface area contributed by atoms with Crippen molar-refractivity contribution in [2.45, 2.75) is 0 Å². The molecule has 9 aromatic rings. The van der Waals surface area contributed by atoms with Crippen molar-refractivity contribution < 1.29 is 41.1 Å². The van der Waals surface area contributed by atoms with Crippen molar-refractivity contribution in [3.8, 4) is 44.5 Å². The second-order valence-electron chi connectivity index (χ2n) is 9.75. The molecule has 0 atom stereocenters. The third-order valence-electron chi connectivity index (χ3n) is 7.25. The molecule has 0 aromatic heterocycles. The van der Waals surface area contributed by atoms with Gasteiger partial charge >= 0.3 is 0 Å². The fraction of sp³-hybridized carbons (Fsp3) is 0. The maximum absolute atomic E-state index is 10.1. The highest BCUT2D eigenvalue weighted by atomic mass is 14.2. The van der Waals surface area contributed by atoms with Crippen molar-refractivity contribution >= 4 is 43.1 Å². The molecule has 0 aliphatic carbocycles. The average Bonchev–Trinajstić information content (AvgIpc) is 3.40. The second-order valence-corrected chi connectivity index (χ2v) is 9.75. The predicted molar refractivity (Wildman–Crippen MR) is 198 cm³/mol. The largest absolute Gasteiger partial charge is 0.0636 e. The zero-order chi connectivity index (χ0) is 56.6. The van der Waals surface area contributed by atoms with Crippen molar-refractivity contribution in [2.24, 2.45) is 0 Å². The summed E-state index contributed by atoms with van der Waals surface area (Å²) in [6, 6.07) is -30.6. The van der Waals surface area contributed by atoms with E-state index in [9.17, 15) is 13.7 Å². The van der Waals surface area contributed by atoms with Crippen LogP contribution in [-0.4, -0.2) is 0 Å². The first-order valence-corrected chi connectivity index (χ1v) is 13.5. The summed E-state index contributed by atoms with van der Waals surface area (Å²) in [5.74, 6) is 0. The quantitative estimate of drug-likeness (QED) is 0.173. The summed E-state index contributed by atoms with van der Waals surface area (Å²) in [5.41, 5.74) is -7.10. The molecular formula is C46H30. The Balaban J connectivity index is 1.70. The van der Waals surface area contributed by atoms with Crippen molar-refractivity contribution in [3.05, 3.63) is 181 Å². The highest BCUT2D eigenvalue weighted by Gasteiger charge is 2.19. The Labute approximate surface area is 311 Å². The van der Waals surface area contributed by atoms with Crippen LogP contribution in [0.2, 0.25) is 0 Å². The van der Waals surface area contributed by atoms with Crippen LogP contribution < -0.4 is 0 Å². The van der Waals surface area contributed by atoms with Gasteiger partial charge in [0.15, 0.2) is 0 Å². The summed E-state index contributed by atoms with van der Waals surface area (Å²) < 4.78 is 271. The van der Waals surface area contributed by atoms with E-state index in [1.807, 2.05) is 0 Å². The van der Waals surface area contributed by atoms with E-state index < -0.39 is 269 Å². The van der Waals surface area contributed by atoms with E-state index in [2.05, 4.69) is 0 Å². The minimum Gasteiger partial charge on any atom is -0.0622 e. The van der Waals surface area contributed by atoms with E-state index in [0.29, 0.717) is 0 Å². The Morgan fingerprint density at radius 1 is 0.261 bits per heavy atom. The van der Waals surface area contributed by atoms with Gasteiger partial charge in [-0.2, -0.15) is 0 Å². The van der Waals surface area contributed by atoms with Gasteiger partial charge in [-0.05, 0) is 99.7 Å². The molecule has 0 nitrogen and oxygen atoms in total. The lowest BCUT2D eigenvalue weighted by Crippen LogP contribution is -1.93. The van der Waals surface area contributed by atoms with Crippen LogP contribution in [-0.2, 0) is 0 Å².